The number of thiophene rings is 2. The fourth-order valence-electron chi connectivity index (χ4n) is 7.23. The lowest BCUT2D eigenvalue weighted by atomic mass is 10.0. The summed E-state index contributed by atoms with van der Waals surface area (Å²) in [7, 11) is 0. The number of hydrogen-bond donors (Lipinski definition) is 0. The highest BCUT2D eigenvalue weighted by molar-refractivity contribution is 8.35. The number of hydrogen-bond acceptors (Lipinski definition) is 14. The quantitative estimate of drug-likeness (QED) is 0.122. The molecular weight excluding hydrogens is 875 g/mol. The van der Waals surface area contributed by atoms with Gasteiger partial charge < -0.3 is 9.47 Å². The highest BCUT2D eigenvalue weighted by Crippen LogP contribution is 2.46. The third-order valence-electron chi connectivity index (χ3n) is 10.2. The van der Waals surface area contributed by atoms with Crippen molar-refractivity contribution in [3.63, 3.8) is 0 Å². The minimum absolute atomic E-state index is 0.0415. The minimum Gasteiger partial charge on any atom is -0.444 e. The van der Waals surface area contributed by atoms with E-state index in [1.165, 1.54) is 48.5 Å². The Hall–Kier alpha value is -5.04. The highest BCUT2D eigenvalue weighted by Gasteiger charge is 2.37. The second-order valence-electron chi connectivity index (χ2n) is 14.0. The number of benzene rings is 3. The molecule has 0 N–H and O–H groups in total. The van der Waals surface area contributed by atoms with Gasteiger partial charge in [0.15, 0.2) is 10.8 Å². The largest absolute Gasteiger partial charge is 0.444 e. The Morgan fingerprint density at radius 3 is 1.70 bits per heavy atom. The van der Waals surface area contributed by atoms with Crippen LogP contribution in [0.2, 0.25) is 0 Å². The van der Waals surface area contributed by atoms with Crippen molar-refractivity contribution in [2.75, 3.05) is 6.54 Å². The molecule has 1 amide bonds. The van der Waals surface area contributed by atoms with Crippen molar-refractivity contribution in [2.45, 2.75) is 46.3 Å². The van der Waals surface area contributed by atoms with Crippen LogP contribution in [0, 0.1) is 5.92 Å². The maximum absolute atomic E-state index is 14.2. The van der Waals surface area contributed by atoms with Crippen LogP contribution in [0.25, 0.3) is 42.2 Å². The topological polar surface area (TPSA) is 125 Å². The van der Waals surface area contributed by atoms with Crippen LogP contribution in [0.1, 0.15) is 44.2 Å². The van der Waals surface area contributed by atoms with Gasteiger partial charge in [0.2, 0.25) is 0 Å². The van der Waals surface area contributed by atoms with Gasteiger partial charge in [0.05, 0.1) is 41.6 Å². The monoisotopic (exact) mass is 907 g/mol. The average molecular weight is 908 g/mol. The highest BCUT2D eigenvalue weighted by atomic mass is 32.2. The zero-order valence-electron chi connectivity index (χ0n) is 32.0. The summed E-state index contributed by atoms with van der Waals surface area (Å²) in [6.07, 6.45) is 1.32. The van der Waals surface area contributed by atoms with Crippen LogP contribution in [0.3, 0.4) is 0 Å². The van der Waals surface area contributed by atoms with Gasteiger partial charge in [-0.05, 0) is 60.5 Å². The van der Waals surface area contributed by atoms with Gasteiger partial charge in [0.25, 0.3) is 5.91 Å². The number of thiocarbonyl (C=S) groups is 2. The van der Waals surface area contributed by atoms with Gasteiger partial charge in [0, 0.05) is 17.3 Å². The number of carbonyl (C=O) groups excluding carboxylic acids is 4. The lowest BCUT2D eigenvalue weighted by Gasteiger charge is -2.09. The molecule has 1 unspecified atom stereocenters. The molecule has 0 saturated carbocycles. The minimum atomic E-state index is -0.610. The third kappa shape index (κ3) is 7.40. The number of ketones is 1. The van der Waals surface area contributed by atoms with Crippen molar-refractivity contribution in [3.05, 3.63) is 96.1 Å². The average Bonchev–Trinajstić information content (AvgIpc) is 4.08. The molecule has 6 heterocycles. The smallest absolute Gasteiger partial charge is 0.419 e. The van der Waals surface area contributed by atoms with E-state index in [4.69, 9.17) is 43.9 Å². The first kappa shape index (κ1) is 40.4. The number of rotatable bonds is 10. The van der Waals surface area contributed by atoms with Crippen LogP contribution < -0.4 is 0 Å². The van der Waals surface area contributed by atoms with E-state index in [-0.39, 0.29) is 35.9 Å². The molecule has 7 aromatic rings. The number of unbranched alkanes of at least 4 members (excludes halogenated alkanes) is 1. The molecule has 4 aromatic heterocycles. The van der Waals surface area contributed by atoms with Crippen LogP contribution in [-0.2, 0) is 32.3 Å². The van der Waals surface area contributed by atoms with E-state index in [0.717, 1.165) is 40.4 Å². The van der Waals surface area contributed by atoms with Gasteiger partial charge in [-0.25, -0.2) is 28.7 Å². The molecule has 1 atom stereocenters. The number of ether oxygens (including phenoxy) is 2. The first-order chi connectivity index (χ1) is 29.1. The van der Waals surface area contributed by atoms with E-state index in [0.29, 0.717) is 74.1 Å². The standard InChI is InChI=1S/C43H33N5O6S6/c1-3-5-16-25-34(49)37(59-40(25)55)44-32-19-30-35(57-32)26-17-29-27(18-28(26)47(30)41(51)53-21-23-12-8-6-9-13-23)36-31(48(29)42(52)54-22-24-14-10-7-11-15-24)20-33(58-36)45-38-39(50)46(4-2)43(56)60-38/h6-15,17-20,25H,3-5,16,21-22H2,1-2H3/b44-37-,45-38-. The second kappa shape index (κ2) is 16.8. The molecule has 2 fully saturated rings. The van der Waals surface area contributed by atoms with Crippen molar-refractivity contribution in [1.82, 2.24) is 14.0 Å². The fourth-order valence-corrected chi connectivity index (χ4v) is 12.1. The lowest BCUT2D eigenvalue weighted by molar-refractivity contribution is -0.119. The number of thioether (sulfide) groups is 2. The fraction of sp³-hybridized carbons (Fsp3) is 0.209. The molecule has 3 aromatic carbocycles. The molecule has 11 nitrogen and oxygen atoms in total. The van der Waals surface area contributed by atoms with E-state index in [9.17, 15) is 19.2 Å². The van der Waals surface area contributed by atoms with Gasteiger partial charge in [0.1, 0.15) is 32.6 Å². The molecule has 2 saturated heterocycles. The van der Waals surface area contributed by atoms with Gasteiger partial charge in [-0.3, -0.25) is 14.5 Å². The molecule has 302 valence electrons. The maximum Gasteiger partial charge on any atom is 0.419 e. The summed E-state index contributed by atoms with van der Waals surface area (Å²) in [5.74, 6) is -0.690. The lowest BCUT2D eigenvalue weighted by Crippen LogP contribution is -2.29. The van der Waals surface area contributed by atoms with E-state index < -0.39 is 12.2 Å². The van der Waals surface area contributed by atoms with E-state index in [1.54, 1.807) is 12.1 Å². The molecule has 2 aliphatic rings. The summed E-state index contributed by atoms with van der Waals surface area (Å²) in [6.45, 7) is 4.45. The first-order valence-electron chi connectivity index (χ1n) is 19.1. The zero-order chi connectivity index (χ0) is 41.7. The molecule has 60 heavy (non-hydrogen) atoms. The van der Waals surface area contributed by atoms with Gasteiger partial charge in [-0.1, -0.05) is 117 Å². The summed E-state index contributed by atoms with van der Waals surface area (Å²) in [5.41, 5.74) is 3.82. The van der Waals surface area contributed by atoms with Gasteiger partial charge >= 0.3 is 12.2 Å². The van der Waals surface area contributed by atoms with Crippen molar-refractivity contribution < 1.29 is 28.7 Å². The van der Waals surface area contributed by atoms with Crippen LogP contribution in [-0.4, -0.2) is 63.1 Å². The number of aliphatic imine (C=N–C) groups is 2. The Morgan fingerprint density at radius 2 is 1.22 bits per heavy atom. The molecule has 0 radical (unpaired) electrons. The van der Waals surface area contributed by atoms with Crippen LogP contribution >= 0.6 is 70.6 Å². The van der Waals surface area contributed by atoms with E-state index in [2.05, 4.69) is 6.92 Å². The normalized spacial score (nSPS) is 17.2. The molecule has 0 spiro atoms. The predicted octanol–water partition coefficient (Wildman–Crippen LogP) is 11.8. The summed E-state index contributed by atoms with van der Waals surface area (Å²) < 4.78 is 17.4. The molecule has 2 aliphatic heterocycles. The van der Waals surface area contributed by atoms with Gasteiger partial charge in [-0.2, -0.15) is 0 Å². The Kier molecular flexibility index (Phi) is 11.3. The second-order valence-corrected chi connectivity index (χ2v) is 19.4. The molecule has 0 aliphatic carbocycles. The van der Waals surface area contributed by atoms with Crippen molar-refractivity contribution in [1.29, 1.82) is 0 Å². The molecule has 0 bridgehead atoms. The summed E-state index contributed by atoms with van der Waals surface area (Å²) in [5, 5.41) is 2.97. The van der Waals surface area contributed by atoms with Crippen LogP contribution in [0.5, 0.6) is 0 Å². The van der Waals surface area contributed by atoms with Crippen molar-refractivity contribution >= 4 is 165 Å². The van der Waals surface area contributed by atoms with E-state index in [1.807, 2.05) is 79.7 Å². The number of nitrogens with zero attached hydrogens (tertiary/aromatic N) is 5. The van der Waals surface area contributed by atoms with Gasteiger partial charge in [-0.15, -0.1) is 22.7 Å². The number of carbonyl (C=O) groups is 4. The van der Waals surface area contributed by atoms with Crippen molar-refractivity contribution in [2.24, 2.45) is 15.9 Å². The van der Waals surface area contributed by atoms with Crippen molar-refractivity contribution in [3.8, 4) is 0 Å². The van der Waals surface area contributed by atoms with Crippen LogP contribution in [0.4, 0.5) is 19.6 Å². The molecule has 17 heteroatoms. The number of aromatic nitrogens is 2. The Balaban J connectivity index is 1.20. The Morgan fingerprint density at radius 1 is 0.700 bits per heavy atom. The number of fused-ring (bicyclic) bond motifs is 6. The molecular formula is C43H33N5O6S6. The summed E-state index contributed by atoms with van der Waals surface area (Å²) in [4.78, 5) is 65.9. The van der Waals surface area contributed by atoms with Crippen LogP contribution in [0.15, 0.2) is 94.9 Å². The molecule has 9 rings (SSSR count). The van der Waals surface area contributed by atoms with E-state index >= 15 is 0 Å². The SMILES string of the molecule is CCCCC1C(=O)/C(=N/c2cc3c(s2)c2cc4c(cc2n3C(=O)OCc2ccccc2)c2sc(/N=C3\SC(=S)N(CC)C3=O)cc2n4C(=O)OCc2ccccc2)SC1=S. The maximum atomic E-state index is 14.2. The Bertz CT molecular complexity index is 3000. The summed E-state index contributed by atoms with van der Waals surface area (Å²) in [6, 6.07) is 26.1. The number of amides is 1. The third-order valence-corrected chi connectivity index (χ3v) is 15.1. The number of Topliss-reactive ketones (excluding diaryl/α,β-unsaturated/α-hetero) is 1. The Labute approximate surface area is 370 Å². The first-order valence-corrected chi connectivity index (χ1v) is 23.2. The predicted molar refractivity (Wildman–Crippen MR) is 252 cm³/mol. The zero-order valence-corrected chi connectivity index (χ0v) is 36.9. The summed E-state index contributed by atoms with van der Waals surface area (Å²) >= 11 is 16.0.